The van der Waals surface area contributed by atoms with Crippen LogP contribution < -0.4 is 5.32 Å². The summed E-state index contributed by atoms with van der Waals surface area (Å²) in [5.74, 6) is 0.468. The molecular weight excluding hydrogens is 204 g/mol. The van der Waals surface area contributed by atoms with Gasteiger partial charge in [0.1, 0.15) is 0 Å². The van der Waals surface area contributed by atoms with E-state index in [1.165, 1.54) is 0 Å². The molecule has 0 saturated carbocycles. The van der Waals surface area contributed by atoms with Gasteiger partial charge in [-0.2, -0.15) is 5.10 Å². The van der Waals surface area contributed by atoms with E-state index in [4.69, 9.17) is 0 Å². The molecule has 0 spiro atoms. The molecule has 2 amide bonds. The number of carbonyl (C=O) groups is 1. The van der Waals surface area contributed by atoms with Crippen LogP contribution >= 0.6 is 0 Å². The normalized spacial score (nSPS) is 10.6. The maximum atomic E-state index is 11.6. The monoisotopic (exact) mass is 224 g/mol. The Labute approximate surface area is 96.4 Å². The Bertz CT molecular complexity index is 346. The third kappa shape index (κ3) is 3.92. The highest BCUT2D eigenvalue weighted by Gasteiger charge is 2.09. The van der Waals surface area contributed by atoms with Gasteiger partial charge in [0.25, 0.3) is 0 Å². The Kier molecular flexibility index (Phi) is 4.34. The summed E-state index contributed by atoms with van der Waals surface area (Å²) in [5.41, 5.74) is 1.03. The third-order valence-electron chi connectivity index (χ3n) is 2.19. The van der Waals surface area contributed by atoms with Crippen LogP contribution in [0.1, 0.15) is 19.4 Å². The Morgan fingerprint density at radius 1 is 1.62 bits per heavy atom. The first-order chi connectivity index (χ1) is 7.49. The molecule has 1 aromatic rings. The summed E-state index contributed by atoms with van der Waals surface area (Å²) in [4.78, 5) is 13.3. The lowest BCUT2D eigenvalue weighted by Gasteiger charge is -2.17. The molecule has 5 nitrogen and oxygen atoms in total. The number of urea groups is 1. The van der Waals surface area contributed by atoms with E-state index < -0.39 is 0 Å². The summed E-state index contributed by atoms with van der Waals surface area (Å²) >= 11 is 0. The van der Waals surface area contributed by atoms with Crippen molar-refractivity contribution in [2.45, 2.75) is 20.4 Å². The van der Waals surface area contributed by atoms with Crippen molar-refractivity contribution < 1.29 is 4.79 Å². The van der Waals surface area contributed by atoms with Gasteiger partial charge in [0.05, 0.1) is 12.7 Å². The van der Waals surface area contributed by atoms with Crippen molar-refractivity contribution in [3.63, 3.8) is 0 Å². The van der Waals surface area contributed by atoms with Gasteiger partial charge in [-0.05, 0) is 5.92 Å². The zero-order valence-corrected chi connectivity index (χ0v) is 10.4. The zero-order chi connectivity index (χ0) is 12.1. The number of rotatable bonds is 4. The Balaban J connectivity index is 2.39. The van der Waals surface area contributed by atoms with Crippen LogP contribution in [0.4, 0.5) is 4.79 Å². The number of nitrogens with one attached hydrogen (secondary N) is 1. The van der Waals surface area contributed by atoms with Crippen LogP contribution in [-0.2, 0) is 13.6 Å². The molecule has 0 unspecified atom stereocenters. The maximum absolute atomic E-state index is 11.6. The molecular formula is C11H20N4O. The fourth-order valence-electron chi connectivity index (χ4n) is 1.33. The van der Waals surface area contributed by atoms with Crippen molar-refractivity contribution in [1.82, 2.24) is 20.0 Å². The maximum Gasteiger partial charge on any atom is 0.317 e. The van der Waals surface area contributed by atoms with Crippen LogP contribution in [0.15, 0.2) is 12.4 Å². The lowest BCUT2D eigenvalue weighted by atomic mass is 10.2. The molecule has 1 N–H and O–H groups in total. The van der Waals surface area contributed by atoms with Crippen LogP contribution in [0.3, 0.4) is 0 Å². The van der Waals surface area contributed by atoms with Gasteiger partial charge in [0, 0.05) is 32.4 Å². The van der Waals surface area contributed by atoms with Crippen molar-refractivity contribution in [2.75, 3.05) is 13.6 Å². The topological polar surface area (TPSA) is 50.2 Å². The standard InChI is InChI=1S/C11H20N4O/c1-9(2)5-12-11(16)14(3)7-10-6-13-15(4)8-10/h6,8-9H,5,7H2,1-4H3,(H,12,16). The lowest BCUT2D eigenvalue weighted by Crippen LogP contribution is -2.38. The minimum Gasteiger partial charge on any atom is -0.338 e. The summed E-state index contributed by atoms with van der Waals surface area (Å²) in [6.45, 7) is 5.43. The van der Waals surface area contributed by atoms with Crippen molar-refractivity contribution >= 4 is 6.03 Å². The van der Waals surface area contributed by atoms with Crippen molar-refractivity contribution in [2.24, 2.45) is 13.0 Å². The van der Waals surface area contributed by atoms with Gasteiger partial charge in [-0.15, -0.1) is 0 Å². The molecule has 16 heavy (non-hydrogen) atoms. The summed E-state index contributed by atoms with van der Waals surface area (Å²) in [6, 6.07) is -0.0439. The number of nitrogens with zero attached hydrogens (tertiary/aromatic N) is 3. The van der Waals surface area contributed by atoms with E-state index in [2.05, 4.69) is 24.3 Å². The van der Waals surface area contributed by atoms with E-state index in [1.807, 2.05) is 13.2 Å². The van der Waals surface area contributed by atoms with Gasteiger partial charge in [0.2, 0.25) is 0 Å². The Morgan fingerprint density at radius 2 is 2.31 bits per heavy atom. The summed E-state index contributed by atoms with van der Waals surface area (Å²) in [7, 11) is 3.64. The zero-order valence-electron chi connectivity index (χ0n) is 10.4. The number of hydrogen-bond donors (Lipinski definition) is 1. The van der Waals surface area contributed by atoms with Crippen LogP contribution in [0.5, 0.6) is 0 Å². The molecule has 0 aliphatic carbocycles. The molecule has 0 aliphatic heterocycles. The first-order valence-electron chi connectivity index (χ1n) is 5.45. The molecule has 0 aromatic carbocycles. The Hall–Kier alpha value is -1.52. The second-order valence-electron chi connectivity index (χ2n) is 4.46. The summed E-state index contributed by atoms with van der Waals surface area (Å²) < 4.78 is 1.73. The molecule has 1 heterocycles. The first-order valence-corrected chi connectivity index (χ1v) is 5.45. The summed E-state index contributed by atoms with van der Waals surface area (Å²) in [5, 5.41) is 6.93. The minimum absolute atomic E-state index is 0.0439. The predicted octanol–water partition coefficient (Wildman–Crippen LogP) is 1.22. The SMILES string of the molecule is CC(C)CNC(=O)N(C)Cc1cnn(C)c1. The molecule has 1 aromatic heterocycles. The van der Waals surface area contributed by atoms with Gasteiger partial charge in [0.15, 0.2) is 0 Å². The second-order valence-corrected chi connectivity index (χ2v) is 4.46. The highest BCUT2D eigenvalue weighted by molar-refractivity contribution is 5.73. The molecule has 0 bridgehead atoms. The molecule has 90 valence electrons. The molecule has 0 fully saturated rings. The van der Waals surface area contributed by atoms with Gasteiger partial charge >= 0.3 is 6.03 Å². The quantitative estimate of drug-likeness (QED) is 0.836. The number of carbonyl (C=O) groups excluding carboxylic acids is 1. The van der Waals surface area contributed by atoms with Crippen LogP contribution in [0, 0.1) is 5.92 Å². The predicted molar refractivity (Wildman–Crippen MR) is 62.9 cm³/mol. The smallest absolute Gasteiger partial charge is 0.317 e. The summed E-state index contributed by atoms with van der Waals surface area (Å²) in [6.07, 6.45) is 3.68. The van der Waals surface area contributed by atoms with E-state index in [0.29, 0.717) is 19.0 Å². The number of aryl methyl sites for hydroxylation is 1. The van der Waals surface area contributed by atoms with Crippen LogP contribution in [-0.4, -0.2) is 34.3 Å². The molecule has 0 aliphatic rings. The highest BCUT2D eigenvalue weighted by Crippen LogP contribution is 2.01. The molecule has 1 rings (SSSR count). The first kappa shape index (κ1) is 12.5. The highest BCUT2D eigenvalue weighted by atomic mass is 16.2. The average molecular weight is 224 g/mol. The van der Waals surface area contributed by atoms with E-state index in [1.54, 1.807) is 22.8 Å². The minimum atomic E-state index is -0.0439. The lowest BCUT2D eigenvalue weighted by molar-refractivity contribution is 0.205. The number of amides is 2. The van der Waals surface area contributed by atoms with E-state index in [-0.39, 0.29) is 6.03 Å². The van der Waals surface area contributed by atoms with Crippen LogP contribution in [0.2, 0.25) is 0 Å². The molecule has 0 saturated heterocycles. The fraction of sp³-hybridized carbons (Fsp3) is 0.636. The average Bonchev–Trinajstić information content (AvgIpc) is 2.60. The number of hydrogen-bond acceptors (Lipinski definition) is 2. The van der Waals surface area contributed by atoms with Gasteiger partial charge in [-0.3, -0.25) is 4.68 Å². The van der Waals surface area contributed by atoms with Crippen molar-refractivity contribution in [3.05, 3.63) is 18.0 Å². The van der Waals surface area contributed by atoms with Gasteiger partial charge in [-0.25, -0.2) is 4.79 Å². The van der Waals surface area contributed by atoms with E-state index in [9.17, 15) is 4.79 Å². The molecule has 0 radical (unpaired) electrons. The van der Waals surface area contributed by atoms with Crippen LogP contribution in [0.25, 0.3) is 0 Å². The molecule has 5 heteroatoms. The fourth-order valence-corrected chi connectivity index (χ4v) is 1.33. The van der Waals surface area contributed by atoms with Crippen molar-refractivity contribution in [1.29, 1.82) is 0 Å². The van der Waals surface area contributed by atoms with E-state index >= 15 is 0 Å². The second kappa shape index (κ2) is 5.53. The van der Waals surface area contributed by atoms with E-state index in [0.717, 1.165) is 5.56 Å². The molecule has 0 atom stereocenters. The van der Waals surface area contributed by atoms with Gasteiger partial charge < -0.3 is 10.2 Å². The largest absolute Gasteiger partial charge is 0.338 e. The Morgan fingerprint density at radius 3 is 2.81 bits per heavy atom. The van der Waals surface area contributed by atoms with Gasteiger partial charge in [-0.1, -0.05) is 13.8 Å². The third-order valence-corrected chi connectivity index (χ3v) is 2.19. The number of aromatic nitrogens is 2. The van der Waals surface area contributed by atoms with Crippen molar-refractivity contribution in [3.8, 4) is 0 Å².